The molecular formula is C23H40IN5O. The van der Waals surface area contributed by atoms with Gasteiger partial charge in [-0.05, 0) is 53.3 Å². The predicted molar refractivity (Wildman–Crippen MR) is 136 cm³/mol. The van der Waals surface area contributed by atoms with Gasteiger partial charge in [0.2, 0.25) is 0 Å². The molecule has 30 heavy (non-hydrogen) atoms. The van der Waals surface area contributed by atoms with Crippen molar-refractivity contribution in [1.82, 2.24) is 20.4 Å². The average Bonchev–Trinajstić information content (AvgIpc) is 2.68. The fraction of sp³-hybridized carbons (Fsp3) is 0.696. The number of nitrogens with one attached hydrogen (secondary N) is 2. The molecule has 2 aliphatic rings. The van der Waals surface area contributed by atoms with E-state index in [0.717, 1.165) is 37.6 Å². The predicted octanol–water partition coefficient (Wildman–Crippen LogP) is 3.49. The quantitative estimate of drug-likeness (QED) is 0.245. The van der Waals surface area contributed by atoms with E-state index in [1.165, 1.54) is 44.7 Å². The highest BCUT2D eigenvalue weighted by Crippen LogP contribution is 2.39. The first-order valence-corrected chi connectivity index (χ1v) is 11.2. The number of nitrogens with zero attached hydrogens (tertiary/aromatic N) is 3. The summed E-state index contributed by atoms with van der Waals surface area (Å²) in [6.07, 6.45) is 3.25. The Labute approximate surface area is 199 Å². The number of hydrogen-bond acceptors (Lipinski definition) is 4. The van der Waals surface area contributed by atoms with Crippen LogP contribution in [0.15, 0.2) is 29.3 Å². The lowest BCUT2D eigenvalue weighted by atomic mass is 9.90. The highest BCUT2D eigenvalue weighted by atomic mass is 127. The van der Waals surface area contributed by atoms with Crippen molar-refractivity contribution in [3.63, 3.8) is 0 Å². The first-order chi connectivity index (χ1) is 14.0. The molecule has 1 unspecified atom stereocenters. The number of likely N-dealkylation sites (N-methyl/N-ethyl adjacent to an activating group) is 1. The summed E-state index contributed by atoms with van der Waals surface area (Å²) in [5.74, 6) is 1.88. The van der Waals surface area contributed by atoms with Crippen LogP contribution < -0.4 is 15.4 Å². The molecule has 1 aromatic rings. The molecular weight excluding hydrogens is 489 g/mol. The van der Waals surface area contributed by atoms with Crippen molar-refractivity contribution in [1.29, 1.82) is 0 Å². The van der Waals surface area contributed by atoms with E-state index in [1.54, 1.807) is 0 Å². The monoisotopic (exact) mass is 529 g/mol. The third-order valence-electron chi connectivity index (χ3n) is 5.78. The zero-order valence-corrected chi connectivity index (χ0v) is 21.4. The summed E-state index contributed by atoms with van der Waals surface area (Å²) >= 11 is 0. The molecule has 2 heterocycles. The number of para-hydroxylation sites is 1. The molecule has 0 bridgehead atoms. The molecule has 2 aliphatic heterocycles. The lowest BCUT2D eigenvalue weighted by Gasteiger charge is -2.38. The van der Waals surface area contributed by atoms with E-state index < -0.39 is 0 Å². The van der Waals surface area contributed by atoms with E-state index in [0.29, 0.717) is 0 Å². The van der Waals surface area contributed by atoms with E-state index in [2.05, 4.69) is 66.5 Å². The summed E-state index contributed by atoms with van der Waals surface area (Å²) in [6.45, 7) is 14.1. The van der Waals surface area contributed by atoms with Crippen LogP contribution in [0.5, 0.6) is 5.75 Å². The molecule has 0 saturated carbocycles. The van der Waals surface area contributed by atoms with Gasteiger partial charge in [-0.15, -0.1) is 24.0 Å². The molecule has 1 atom stereocenters. The smallest absolute Gasteiger partial charge is 0.191 e. The van der Waals surface area contributed by atoms with Gasteiger partial charge in [-0.1, -0.05) is 18.2 Å². The van der Waals surface area contributed by atoms with Crippen molar-refractivity contribution >= 4 is 29.9 Å². The summed E-state index contributed by atoms with van der Waals surface area (Å²) in [4.78, 5) is 9.84. The lowest BCUT2D eigenvalue weighted by Crippen LogP contribution is -2.45. The van der Waals surface area contributed by atoms with E-state index >= 15 is 0 Å². The van der Waals surface area contributed by atoms with Crippen LogP contribution in [0.2, 0.25) is 0 Å². The first kappa shape index (κ1) is 25.2. The van der Waals surface area contributed by atoms with Gasteiger partial charge in [0.05, 0.1) is 6.04 Å². The SMILES string of the molecule is CCNC(=NCCCCN1CCN(C)CC1)NC1CC(C)(C)Oc2ccccc21.I. The van der Waals surface area contributed by atoms with Gasteiger partial charge in [0.25, 0.3) is 0 Å². The lowest BCUT2D eigenvalue weighted by molar-refractivity contribution is 0.0694. The van der Waals surface area contributed by atoms with Gasteiger partial charge in [0.1, 0.15) is 11.4 Å². The standard InChI is InChI=1S/C23H39N5O.HI/c1-5-24-22(25-12-8-9-13-28-16-14-27(4)15-17-28)26-20-18-23(2,3)29-21-11-7-6-10-19(20)21;/h6-7,10-11,20H,5,8-9,12-18H2,1-4H3,(H2,24,25,26);1H. The minimum Gasteiger partial charge on any atom is -0.487 e. The summed E-state index contributed by atoms with van der Waals surface area (Å²) in [5.41, 5.74) is 1.03. The van der Waals surface area contributed by atoms with Crippen molar-refractivity contribution in [3.05, 3.63) is 29.8 Å². The maximum Gasteiger partial charge on any atom is 0.191 e. The second-order valence-corrected chi connectivity index (χ2v) is 8.91. The largest absolute Gasteiger partial charge is 0.487 e. The molecule has 7 heteroatoms. The van der Waals surface area contributed by atoms with Crippen molar-refractivity contribution in [2.75, 3.05) is 52.9 Å². The highest BCUT2D eigenvalue weighted by Gasteiger charge is 2.33. The molecule has 0 amide bonds. The summed E-state index contributed by atoms with van der Waals surface area (Å²) in [7, 11) is 2.21. The van der Waals surface area contributed by atoms with Gasteiger partial charge in [0, 0.05) is 51.3 Å². The van der Waals surface area contributed by atoms with Crippen LogP contribution in [0, 0.1) is 0 Å². The number of hydrogen-bond donors (Lipinski definition) is 2. The molecule has 0 aliphatic carbocycles. The number of halogens is 1. The second kappa shape index (κ2) is 12.1. The molecule has 3 rings (SSSR count). The fourth-order valence-electron chi connectivity index (χ4n) is 4.13. The van der Waals surface area contributed by atoms with Gasteiger partial charge in [0.15, 0.2) is 5.96 Å². The van der Waals surface area contributed by atoms with Crippen molar-refractivity contribution < 1.29 is 4.74 Å². The molecule has 2 N–H and O–H groups in total. The zero-order chi connectivity index (χ0) is 20.7. The van der Waals surface area contributed by atoms with Gasteiger partial charge in [-0.3, -0.25) is 4.99 Å². The zero-order valence-electron chi connectivity index (χ0n) is 19.1. The van der Waals surface area contributed by atoms with Crippen LogP contribution >= 0.6 is 24.0 Å². The van der Waals surface area contributed by atoms with E-state index in [-0.39, 0.29) is 35.6 Å². The Morgan fingerprint density at radius 1 is 1.17 bits per heavy atom. The second-order valence-electron chi connectivity index (χ2n) is 8.91. The first-order valence-electron chi connectivity index (χ1n) is 11.2. The van der Waals surface area contributed by atoms with E-state index in [9.17, 15) is 0 Å². The number of ether oxygens (including phenoxy) is 1. The van der Waals surface area contributed by atoms with Gasteiger partial charge >= 0.3 is 0 Å². The Hall–Kier alpha value is -1.06. The summed E-state index contributed by atoms with van der Waals surface area (Å²) in [6, 6.07) is 8.54. The van der Waals surface area contributed by atoms with Crippen LogP contribution in [-0.2, 0) is 0 Å². The van der Waals surface area contributed by atoms with E-state index in [1.807, 2.05) is 6.07 Å². The number of unbranched alkanes of at least 4 members (excludes halogenated alkanes) is 1. The molecule has 1 saturated heterocycles. The Kier molecular flexibility index (Phi) is 10.2. The molecule has 0 aromatic heterocycles. The topological polar surface area (TPSA) is 52.1 Å². The Morgan fingerprint density at radius 3 is 2.63 bits per heavy atom. The Balaban J connectivity index is 0.00000320. The van der Waals surface area contributed by atoms with Gasteiger partial charge in [-0.2, -0.15) is 0 Å². The van der Waals surface area contributed by atoms with Crippen LogP contribution in [0.1, 0.15) is 51.6 Å². The molecule has 0 spiro atoms. The average molecular weight is 530 g/mol. The van der Waals surface area contributed by atoms with Crippen LogP contribution in [-0.4, -0.2) is 74.2 Å². The fourth-order valence-corrected chi connectivity index (χ4v) is 4.13. The minimum absolute atomic E-state index is 0. The number of benzene rings is 1. The van der Waals surface area contributed by atoms with Crippen LogP contribution in [0.4, 0.5) is 0 Å². The molecule has 170 valence electrons. The van der Waals surface area contributed by atoms with Gasteiger partial charge in [-0.25, -0.2) is 0 Å². The molecule has 0 radical (unpaired) electrons. The van der Waals surface area contributed by atoms with Crippen LogP contribution in [0.25, 0.3) is 0 Å². The molecule has 1 aromatic carbocycles. The Bertz CT molecular complexity index is 673. The third kappa shape index (κ3) is 7.57. The maximum atomic E-state index is 6.16. The normalized spacial score (nSPS) is 21.9. The van der Waals surface area contributed by atoms with Crippen molar-refractivity contribution in [2.45, 2.75) is 51.7 Å². The third-order valence-corrected chi connectivity index (χ3v) is 5.78. The molecule has 1 fully saturated rings. The van der Waals surface area contributed by atoms with E-state index in [4.69, 9.17) is 9.73 Å². The van der Waals surface area contributed by atoms with Crippen molar-refractivity contribution in [3.8, 4) is 5.75 Å². The van der Waals surface area contributed by atoms with Gasteiger partial charge < -0.3 is 25.2 Å². The highest BCUT2D eigenvalue weighted by molar-refractivity contribution is 14.0. The number of piperazine rings is 1. The molecule has 6 nitrogen and oxygen atoms in total. The number of aliphatic imine (C=N–C) groups is 1. The maximum absolute atomic E-state index is 6.16. The number of fused-ring (bicyclic) bond motifs is 1. The Morgan fingerprint density at radius 2 is 1.90 bits per heavy atom. The van der Waals surface area contributed by atoms with Crippen molar-refractivity contribution in [2.24, 2.45) is 4.99 Å². The number of rotatable bonds is 7. The van der Waals surface area contributed by atoms with Crippen LogP contribution in [0.3, 0.4) is 0 Å². The number of guanidine groups is 1. The summed E-state index contributed by atoms with van der Waals surface area (Å²) in [5, 5.41) is 7.07. The minimum atomic E-state index is -0.189. The summed E-state index contributed by atoms with van der Waals surface area (Å²) < 4.78 is 6.16.